The maximum absolute atomic E-state index is 9.48. The van der Waals surface area contributed by atoms with Gasteiger partial charge in [-0.1, -0.05) is 17.7 Å². The Morgan fingerprint density at radius 1 is 1.29 bits per heavy atom. The van der Waals surface area contributed by atoms with Crippen LogP contribution < -0.4 is 5.32 Å². The topological polar surface area (TPSA) is 88.6 Å². The first-order valence-electron chi connectivity index (χ1n) is 8.89. The Morgan fingerprint density at radius 3 is 2.93 bits per heavy atom. The zero-order valence-electron chi connectivity index (χ0n) is 15.3. The molecule has 0 spiro atoms. The highest BCUT2D eigenvalue weighted by atomic mass is 35.5. The SMILES string of the molecule is Cc1nc2cc(CN3CCc4c(C#N)c(Cl)nc(NCC#N)c4C3)ccc2s1. The molecule has 0 aliphatic carbocycles. The number of anilines is 1. The number of aromatic nitrogens is 2. The third-order valence-corrected chi connectivity index (χ3v) is 6.07. The molecule has 0 saturated heterocycles. The monoisotopic (exact) mass is 408 g/mol. The fraction of sp³-hybridized carbons (Fsp3) is 0.300. The van der Waals surface area contributed by atoms with E-state index < -0.39 is 0 Å². The highest BCUT2D eigenvalue weighted by molar-refractivity contribution is 7.18. The van der Waals surface area contributed by atoms with Crippen molar-refractivity contribution in [2.75, 3.05) is 18.4 Å². The number of nitrogens with zero attached hydrogens (tertiary/aromatic N) is 5. The third kappa shape index (κ3) is 3.53. The van der Waals surface area contributed by atoms with Crippen molar-refractivity contribution >= 4 is 39.0 Å². The van der Waals surface area contributed by atoms with Crippen molar-refractivity contribution in [2.24, 2.45) is 0 Å². The largest absolute Gasteiger partial charge is 0.357 e. The molecule has 1 aliphatic heterocycles. The average molecular weight is 409 g/mol. The van der Waals surface area contributed by atoms with Crippen molar-refractivity contribution in [1.82, 2.24) is 14.9 Å². The summed E-state index contributed by atoms with van der Waals surface area (Å²) in [6.07, 6.45) is 0.722. The van der Waals surface area contributed by atoms with Crippen LogP contribution in [0.2, 0.25) is 5.15 Å². The summed E-state index contributed by atoms with van der Waals surface area (Å²) in [5.74, 6) is 0.593. The molecule has 2 aromatic heterocycles. The minimum Gasteiger partial charge on any atom is -0.357 e. The summed E-state index contributed by atoms with van der Waals surface area (Å²) in [5, 5.41) is 22.7. The van der Waals surface area contributed by atoms with Crippen LogP contribution in [0.1, 0.15) is 27.3 Å². The van der Waals surface area contributed by atoms with E-state index in [-0.39, 0.29) is 11.7 Å². The van der Waals surface area contributed by atoms with Gasteiger partial charge >= 0.3 is 0 Å². The van der Waals surface area contributed by atoms with E-state index in [0.29, 0.717) is 17.9 Å². The van der Waals surface area contributed by atoms with Gasteiger partial charge in [0.1, 0.15) is 23.6 Å². The van der Waals surface area contributed by atoms with Gasteiger partial charge < -0.3 is 5.32 Å². The van der Waals surface area contributed by atoms with E-state index in [1.807, 2.05) is 6.92 Å². The summed E-state index contributed by atoms with van der Waals surface area (Å²) in [4.78, 5) is 11.2. The first-order valence-corrected chi connectivity index (χ1v) is 10.1. The molecule has 8 heteroatoms. The molecule has 0 unspecified atom stereocenters. The molecule has 0 saturated carbocycles. The molecule has 3 aromatic rings. The van der Waals surface area contributed by atoms with Crippen LogP contribution in [0.25, 0.3) is 10.2 Å². The summed E-state index contributed by atoms with van der Waals surface area (Å²) < 4.78 is 1.20. The van der Waals surface area contributed by atoms with E-state index in [1.54, 1.807) is 11.3 Å². The Morgan fingerprint density at radius 2 is 2.14 bits per heavy atom. The van der Waals surface area contributed by atoms with Gasteiger partial charge in [-0.2, -0.15) is 10.5 Å². The lowest BCUT2D eigenvalue weighted by molar-refractivity contribution is 0.245. The number of hydrogen-bond acceptors (Lipinski definition) is 7. The van der Waals surface area contributed by atoms with Gasteiger partial charge in [0.2, 0.25) is 0 Å². The number of pyridine rings is 1. The van der Waals surface area contributed by atoms with Crippen LogP contribution in [-0.2, 0) is 19.5 Å². The maximum atomic E-state index is 9.48. The summed E-state index contributed by atoms with van der Waals surface area (Å²) in [6, 6.07) is 10.7. The van der Waals surface area contributed by atoms with Crippen molar-refractivity contribution < 1.29 is 0 Å². The van der Waals surface area contributed by atoms with Gasteiger partial charge in [0.25, 0.3) is 0 Å². The maximum Gasteiger partial charge on any atom is 0.149 e. The van der Waals surface area contributed by atoms with Crippen LogP contribution in [0.3, 0.4) is 0 Å². The Balaban J connectivity index is 1.62. The van der Waals surface area contributed by atoms with Crippen molar-refractivity contribution in [2.45, 2.75) is 26.4 Å². The van der Waals surface area contributed by atoms with E-state index in [1.165, 1.54) is 10.3 Å². The van der Waals surface area contributed by atoms with Crippen LogP contribution >= 0.6 is 22.9 Å². The molecule has 1 aromatic carbocycles. The Hall–Kier alpha value is -2.71. The lowest BCUT2D eigenvalue weighted by Crippen LogP contribution is -2.31. The number of nitrogens with one attached hydrogen (secondary N) is 1. The number of hydrogen-bond donors (Lipinski definition) is 1. The van der Waals surface area contributed by atoms with Gasteiger partial charge in [-0.25, -0.2) is 9.97 Å². The number of aryl methyl sites for hydroxylation is 1. The van der Waals surface area contributed by atoms with Gasteiger partial charge in [0, 0.05) is 25.2 Å². The minimum absolute atomic E-state index is 0.140. The zero-order valence-corrected chi connectivity index (χ0v) is 16.9. The van der Waals surface area contributed by atoms with E-state index >= 15 is 0 Å². The van der Waals surface area contributed by atoms with Crippen molar-refractivity contribution in [3.05, 3.63) is 50.6 Å². The summed E-state index contributed by atoms with van der Waals surface area (Å²) in [7, 11) is 0. The predicted molar refractivity (Wildman–Crippen MR) is 110 cm³/mol. The summed E-state index contributed by atoms with van der Waals surface area (Å²) in [5.41, 5.74) is 4.57. The molecule has 0 fully saturated rings. The first kappa shape index (κ1) is 18.6. The number of thiazole rings is 1. The number of benzene rings is 1. The smallest absolute Gasteiger partial charge is 0.149 e. The molecule has 0 radical (unpaired) electrons. The van der Waals surface area contributed by atoms with Crippen LogP contribution in [0.4, 0.5) is 5.82 Å². The van der Waals surface area contributed by atoms with Gasteiger partial charge in [-0.3, -0.25) is 4.90 Å². The molecule has 1 aliphatic rings. The van der Waals surface area contributed by atoms with Crippen molar-refractivity contribution in [3.8, 4) is 12.1 Å². The van der Waals surface area contributed by atoms with Gasteiger partial charge in [-0.15, -0.1) is 11.3 Å². The van der Waals surface area contributed by atoms with E-state index in [0.717, 1.165) is 41.2 Å². The molecule has 140 valence electrons. The van der Waals surface area contributed by atoms with Gasteiger partial charge in [0.15, 0.2) is 0 Å². The Bertz CT molecular complexity index is 1140. The van der Waals surface area contributed by atoms with Gasteiger partial charge in [-0.05, 0) is 36.6 Å². The zero-order chi connectivity index (χ0) is 19.7. The highest BCUT2D eigenvalue weighted by Crippen LogP contribution is 2.32. The van der Waals surface area contributed by atoms with Crippen LogP contribution in [-0.4, -0.2) is 28.0 Å². The lowest BCUT2D eigenvalue weighted by atomic mass is 9.96. The number of rotatable bonds is 4. The number of halogens is 1. The van der Waals surface area contributed by atoms with Crippen LogP contribution in [0, 0.1) is 29.6 Å². The average Bonchev–Trinajstić information content (AvgIpc) is 3.05. The highest BCUT2D eigenvalue weighted by Gasteiger charge is 2.25. The molecule has 0 bridgehead atoms. The molecule has 4 rings (SSSR count). The quantitative estimate of drug-likeness (QED) is 0.518. The standard InChI is InChI=1S/C20H17ClN6S/c1-12-25-17-8-13(2-3-18(17)28-12)10-27-7-4-14-15(9-23)19(21)26-20(16(14)11-27)24-6-5-22/h2-3,8H,4,6-7,10-11H2,1H3,(H,24,26). The van der Waals surface area contributed by atoms with Crippen LogP contribution in [0.15, 0.2) is 18.2 Å². The minimum atomic E-state index is 0.140. The van der Waals surface area contributed by atoms with E-state index in [2.05, 4.69) is 50.5 Å². The molecule has 0 atom stereocenters. The predicted octanol–water partition coefficient (Wildman–Crippen LogP) is 4.02. The summed E-state index contributed by atoms with van der Waals surface area (Å²) >= 11 is 7.89. The van der Waals surface area contributed by atoms with Crippen molar-refractivity contribution in [3.63, 3.8) is 0 Å². The molecular formula is C20H17ClN6S. The molecule has 6 nitrogen and oxygen atoms in total. The van der Waals surface area contributed by atoms with Crippen LogP contribution in [0.5, 0.6) is 0 Å². The Kier molecular flexibility index (Phi) is 5.15. The fourth-order valence-corrected chi connectivity index (χ4v) is 4.67. The molecule has 0 amide bonds. The lowest BCUT2D eigenvalue weighted by Gasteiger charge is -2.30. The first-order chi connectivity index (χ1) is 13.6. The Labute approximate surface area is 172 Å². The summed E-state index contributed by atoms with van der Waals surface area (Å²) in [6.45, 7) is 4.42. The normalized spacial score (nSPS) is 13.7. The second kappa shape index (κ2) is 7.73. The second-order valence-corrected chi connectivity index (χ2v) is 8.30. The second-order valence-electron chi connectivity index (χ2n) is 6.70. The number of nitriles is 2. The third-order valence-electron chi connectivity index (χ3n) is 4.84. The number of fused-ring (bicyclic) bond motifs is 2. The van der Waals surface area contributed by atoms with Gasteiger partial charge in [0.05, 0.1) is 26.9 Å². The van der Waals surface area contributed by atoms with E-state index in [4.69, 9.17) is 16.9 Å². The van der Waals surface area contributed by atoms with E-state index in [9.17, 15) is 5.26 Å². The fourth-order valence-electron chi connectivity index (χ4n) is 3.62. The molecule has 28 heavy (non-hydrogen) atoms. The molecular weight excluding hydrogens is 392 g/mol. The molecule has 3 heterocycles. The molecule has 1 N–H and O–H groups in total. The van der Waals surface area contributed by atoms with Crippen molar-refractivity contribution in [1.29, 1.82) is 10.5 Å².